The second-order valence-corrected chi connectivity index (χ2v) is 5.78. The lowest BCUT2D eigenvalue weighted by Crippen LogP contribution is -2.18. The minimum atomic E-state index is 0.405. The van der Waals surface area contributed by atoms with E-state index in [2.05, 4.69) is 11.8 Å². The molecule has 0 aromatic heterocycles. The van der Waals surface area contributed by atoms with Gasteiger partial charge >= 0.3 is 0 Å². The summed E-state index contributed by atoms with van der Waals surface area (Å²) in [6, 6.07) is 8.01. The molecule has 1 aromatic carbocycles. The van der Waals surface area contributed by atoms with Gasteiger partial charge in [-0.25, -0.2) is 0 Å². The summed E-state index contributed by atoms with van der Waals surface area (Å²) in [4.78, 5) is 0. The monoisotopic (exact) mass is 255 g/mol. The Balaban J connectivity index is 1.53. The summed E-state index contributed by atoms with van der Waals surface area (Å²) >= 11 is 0. The van der Waals surface area contributed by atoms with Gasteiger partial charge in [0.05, 0.1) is 13.2 Å². The maximum Gasteiger partial charge on any atom is 0.119 e. The Bertz CT molecular complexity index is 482. The SMILES string of the molecule is NCC#Cc1ccc(OCC2CC3CCC2C3)cc1. The molecule has 2 saturated carbocycles. The van der Waals surface area contributed by atoms with Gasteiger partial charge in [-0.2, -0.15) is 0 Å². The quantitative estimate of drug-likeness (QED) is 0.843. The number of hydrogen-bond donors (Lipinski definition) is 1. The van der Waals surface area contributed by atoms with Gasteiger partial charge in [0.2, 0.25) is 0 Å². The van der Waals surface area contributed by atoms with Crippen LogP contribution in [-0.4, -0.2) is 13.2 Å². The average Bonchev–Trinajstić information content (AvgIpc) is 3.06. The van der Waals surface area contributed by atoms with E-state index in [9.17, 15) is 0 Å². The molecule has 3 unspecified atom stereocenters. The van der Waals surface area contributed by atoms with Crippen molar-refractivity contribution in [1.29, 1.82) is 0 Å². The third kappa shape index (κ3) is 2.93. The van der Waals surface area contributed by atoms with Gasteiger partial charge in [-0.15, -0.1) is 0 Å². The predicted octanol–water partition coefficient (Wildman–Crippen LogP) is 2.81. The molecule has 0 amide bonds. The number of rotatable bonds is 3. The zero-order chi connectivity index (χ0) is 13.1. The normalized spacial score (nSPS) is 27.9. The van der Waals surface area contributed by atoms with Crippen molar-refractivity contribution in [3.05, 3.63) is 29.8 Å². The van der Waals surface area contributed by atoms with Crippen molar-refractivity contribution in [1.82, 2.24) is 0 Å². The Morgan fingerprint density at radius 3 is 2.63 bits per heavy atom. The summed E-state index contributed by atoms with van der Waals surface area (Å²) in [7, 11) is 0. The second-order valence-electron chi connectivity index (χ2n) is 5.78. The van der Waals surface area contributed by atoms with Crippen LogP contribution in [0.25, 0.3) is 0 Å². The molecule has 2 heteroatoms. The lowest BCUT2D eigenvalue weighted by atomic mass is 9.89. The van der Waals surface area contributed by atoms with Crippen molar-refractivity contribution in [3.63, 3.8) is 0 Å². The van der Waals surface area contributed by atoms with Crippen LogP contribution in [0.5, 0.6) is 5.75 Å². The molecule has 0 spiro atoms. The molecule has 0 heterocycles. The summed E-state index contributed by atoms with van der Waals surface area (Å²) < 4.78 is 5.93. The minimum Gasteiger partial charge on any atom is -0.493 e. The fourth-order valence-electron chi connectivity index (χ4n) is 3.57. The zero-order valence-electron chi connectivity index (χ0n) is 11.3. The molecular formula is C17H21NO. The Morgan fingerprint density at radius 2 is 2.00 bits per heavy atom. The maximum absolute atomic E-state index is 5.93. The molecule has 19 heavy (non-hydrogen) atoms. The highest BCUT2D eigenvalue weighted by Crippen LogP contribution is 2.48. The molecule has 0 saturated heterocycles. The third-order valence-electron chi connectivity index (χ3n) is 4.54. The molecule has 1 aromatic rings. The van der Waals surface area contributed by atoms with Crippen molar-refractivity contribution in [2.75, 3.05) is 13.2 Å². The average molecular weight is 255 g/mol. The van der Waals surface area contributed by atoms with E-state index < -0.39 is 0 Å². The molecule has 3 rings (SSSR count). The van der Waals surface area contributed by atoms with E-state index in [-0.39, 0.29) is 0 Å². The summed E-state index contributed by atoms with van der Waals surface area (Å²) in [6.45, 7) is 1.29. The van der Waals surface area contributed by atoms with E-state index in [1.165, 1.54) is 25.7 Å². The first kappa shape index (κ1) is 12.6. The Hall–Kier alpha value is -1.46. The van der Waals surface area contributed by atoms with E-state index in [4.69, 9.17) is 10.5 Å². The highest BCUT2D eigenvalue weighted by atomic mass is 16.5. The molecule has 2 bridgehead atoms. The molecule has 2 aliphatic carbocycles. The van der Waals surface area contributed by atoms with Crippen LogP contribution in [0.1, 0.15) is 31.2 Å². The third-order valence-corrected chi connectivity index (χ3v) is 4.54. The molecule has 100 valence electrons. The van der Waals surface area contributed by atoms with Crippen LogP contribution in [-0.2, 0) is 0 Å². The van der Waals surface area contributed by atoms with Crippen LogP contribution in [0.15, 0.2) is 24.3 Å². The maximum atomic E-state index is 5.93. The first-order chi connectivity index (χ1) is 9.35. The number of benzene rings is 1. The molecule has 2 nitrogen and oxygen atoms in total. The summed E-state index contributed by atoms with van der Waals surface area (Å²) in [5.74, 6) is 9.55. The van der Waals surface area contributed by atoms with E-state index in [0.717, 1.165) is 35.7 Å². The van der Waals surface area contributed by atoms with Gasteiger partial charge < -0.3 is 10.5 Å². The van der Waals surface area contributed by atoms with Crippen LogP contribution in [0.3, 0.4) is 0 Å². The van der Waals surface area contributed by atoms with Crippen molar-refractivity contribution in [2.24, 2.45) is 23.5 Å². The number of ether oxygens (including phenoxy) is 1. The van der Waals surface area contributed by atoms with Gasteiger partial charge in [0, 0.05) is 5.56 Å². The van der Waals surface area contributed by atoms with Crippen molar-refractivity contribution < 1.29 is 4.74 Å². The molecule has 0 radical (unpaired) electrons. The summed E-state index contributed by atoms with van der Waals surface area (Å²) in [6.07, 6.45) is 5.70. The fraction of sp³-hybridized carbons (Fsp3) is 0.529. The fourth-order valence-corrected chi connectivity index (χ4v) is 3.57. The molecule has 2 aliphatic rings. The van der Waals surface area contributed by atoms with E-state index in [1.54, 1.807) is 0 Å². The first-order valence-corrected chi connectivity index (χ1v) is 7.27. The summed E-state index contributed by atoms with van der Waals surface area (Å²) in [5.41, 5.74) is 6.35. The summed E-state index contributed by atoms with van der Waals surface area (Å²) in [5, 5.41) is 0. The Labute approximate surface area is 115 Å². The largest absolute Gasteiger partial charge is 0.493 e. The van der Waals surface area contributed by atoms with Crippen molar-refractivity contribution in [3.8, 4) is 17.6 Å². The second kappa shape index (κ2) is 5.67. The van der Waals surface area contributed by atoms with E-state index >= 15 is 0 Å². The topological polar surface area (TPSA) is 35.2 Å². The number of fused-ring (bicyclic) bond motifs is 2. The van der Waals surface area contributed by atoms with Gasteiger partial charge in [-0.1, -0.05) is 18.3 Å². The molecule has 0 aliphatic heterocycles. The van der Waals surface area contributed by atoms with Gasteiger partial charge in [0.25, 0.3) is 0 Å². The van der Waals surface area contributed by atoms with Gasteiger partial charge in [0.15, 0.2) is 0 Å². The molecule has 3 atom stereocenters. The highest BCUT2D eigenvalue weighted by molar-refractivity contribution is 5.38. The van der Waals surface area contributed by atoms with E-state index in [1.807, 2.05) is 24.3 Å². The molecule has 2 fully saturated rings. The van der Waals surface area contributed by atoms with E-state index in [0.29, 0.717) is 6.54 Å². The smallest absolute Gasteiger partial charge is 0.119 e. The Morgan fingerprint density at radius 1 is 1.16 bits per heavy atom. The van der Waals surface area contributed by atoms with Crippen molar-refractivity contribution >= 4 is 0 Å². The molecule has 2 N–H and O–H groups in total. The predicted molar refractivity (Wildman–Crippen MR) is 76.8 cm³/mol. The van der Waals surface area contributed by atoms with Crippen molar-refractivity contribution in [2.45, 2.75) is 25.7 Å². The molecular weight excluding hydrogens is 234 g/mol. The van der Waals surface area contributed by atoms with Crippen LogP contribution < -0.4 is 10.5 Å². The number of nitrogens with two attached hydrogens (primary N) is 1. The van der Waals surface area contributed by atoms with Crippen LogP contribution in [0.4, 0.5) is 0 Å². The van der Waals surface area contributed by atoms with Gasteiger partial charge in [0.1, 0.15) is 5.75 Å². The zero-order valence-corrected chi connectivity index (χ0v) is 11.3. The van der Waals surface area contributed by atoms with Gasteiger partial charge in [-0.05, 0) is 61.3 Å². The van der Waals surface area contributed by atoms with Crippen LogP contribution >= 0.6 is 0 Å². The first-order valence-electron chi connectivity index (χ1n) is 7.27. The minimum absolute atomic E-state index is 0.405. The van der Waals surface area contributed by atoms with Crippen LogP contribution in [0.2, 0.25) is 0 Å². The standard InChI is InChI=1S/C17H21NO/c18-9-1-2-13-4-7-17(8-5-13)19-12-16-11-14-3-6-15(16)10-14/h4-5,7-8,14-16H,3,6,9-12,18H2. The van der Waals surface area contributed by atoms with Crippen LogP contribution in [0, 0.1) is 29.6 Å². The lowest BCUT2D eigenvalue weighted by molar-refractivity contribution is 0.195. The number of hydrogen-bond acceptors (Lipinski definition) is 2. The Kier molecular flexibility index (Phi) is 3.75. The van der Waals surface area contributed by atoms with Gasteiger partial charge in [-0.3, -0.25) is 0 Å². The highest BCUT2D eigenvalue weighted by Gasteiger charge is 2.39. The lowest BCUT2D eigenvalue weighted by Gasteiger charge is -2.21.